The summed E-state index contributed by atoms with van der Waals surface area (Å²) in [5, 5.41) is 12.2. The molecule has 0 saturated heterocycles. The number of hydrogen-bond donors (Lipinski definition) is 4. The van der Waals surface area contributed by atoms with Crippen LogP contribution in [0, 0.1) is 0 Å². The molecule has 1 aromatic rings. The van der Waals surface area contributed by atoms with Crippen LogP contribution in [-0.2, 0) is 10.0 Å². The number of nitrogens with two attached hydrogens (primary N) is 1. The molecule has 5 N–H and O–H groups in total. The lowest BCUT2D eigenvalue weighted by Crippen LogP contribution is -2.47. The Balaban J connectivity index is 3.01. The third-order valence-corrected chi connectivity index (χ3v) is 3.73. The lowest BCUT2D eigenvalue weighted by atomic mass is 10.1. The van der Waals surface area contributed by atoms with Crippen molar-refractivity contribution in [2.75, 3.05) is 23.9 Å². The van der Waals surface area contributed by atoms with Crippen LogP contribution in [0.1, 0.15) is 24.2 Å². The average Bonchev–Trinajstić information content (AvgIpc) is 2.23. The molecule has 0 aromatic heterocycles. The van der Waals surface area contributed by atoms with Crippen molar-refractivity contribution in [2.45, 2.75) is 19.4 Å². The molecule has 0 spiro atoms. The highest BCUT2D eigenvalue weighted by Gasteiger charge is 2.23. The average molecular weight is 336 g/mol. The SMILES string of the molecule is CC(C)(CNc1c(Cl)cc(N)cc1C(=O)O)NS(C)(=O)=O. The molecule has 0 unspecified atom stereocenters. The van der Waals surface area contributed by atoms with E-state index in [2.05, 4.69) is 10.0 Å². The number of benzene rings is 1. The lowest BCUT2D eigenvalue weighted by molar-refractivity contribution is 0.0698. The van der Waals surface area contributed by atoms with Crippen LogP contribution in [0.3, 0.4) is 0 Å². The van der Waals surface area contributed by atoms with E-state index in [0.29, 0.717) is 0 Å². The van der Waals surface area contributed by atoms with Gasteiger partial charge in [-0.2, -0.15) is 0 Å². The minimum absolute atomic E-state index is 0.0739. The molecule has 0 bridgehead atoms. The number of hydrogen-bond acceptors (Lipinski definition) is 5. The van der Waals surface area contributed by atoms with Crippen molar-refractivity contribution in [1.29, 1.82) is 0 Å². The highest BCUT2D eigenvalue weighted by atomic mass is 35.5. The largest absolute Gasteiger partial charge is 0.478 e. The summed E-state index contributed by atoms with van der Waals surface area (Å²) in [6, 6.07) is 2.71. The fourth-order valence-electron chi connectivity index (χ4n) is 1.82. The van der Waals surface area contributed by atoms with Gasteiger partial charge in [0.25, 0.3) is 0 Å². The van der Waals surface area contributed by atoms with Gasteiger partial charge >= 0.3 is 5.97 Å². The number of nitrogen functional groups attached to an aromatic ring is 1. The first-order valence-corrected chi connectivity index (χ1v) is 8.23. The Morgan fingerprint density at radius 1 is 1.43 bits per heavy atom. The molecule has 0 aliphatic rings. The summed E-state index contributed by atoms with van der Waals surface area (Å²) in [7, 11) is -3.39. The van der Waals surface area contributed by atoms with Crippen LogP contribution >= 0.6 is 11.6 Å². The summed E-state index contributed by atoms with van der Waals surface area (Å²) in [6.45, 7) is 3.46. The molecule has 0 atom stereocenters. The summed E-state index contributed by atoms with van der Waals surface area (Å²) >= 11 is 6.00. The van der Waals surface area contributed by atoms with Gasteiger partial charge in [-0.1, -0.05) is 11.6 Å². The Morgan fingerprint density at radius 3 is 2.48 bits per heavy atom. The van der Waals surface area contributed by atoms with Crippen molar-refractivity contribution in [1.82, 2.24) is 4.72 Å². The van der Waals surface area contributed by atoms with Gasteiger partial charge in [0, 0.05) is 17.8 Å². The second-order valence-corrected chi connectivity index (χ2v) is 7.50. The van der Waals surface area contributed by atoms with Gasteiger partial charge in [-0.3, -0.25) is 0 Å². The van der Waals surface area contributed by atoms with Crippen molar-refractivity contribution >= 4 is 39.0 Å². The topological polar surface area (TPSA) is 122 Å². The van der Waals surface area contributed by atoms with Crippen LogP contribution in [0.5, 0.6) is 0 Å². The summed E-state index contributed by atoms with van der Waals surface area (Å²) in [4.78, 5) is 11.2. The quantitative estimate of drug-likeness (QED) is 0.582. The number of sulfonamides is 1. The van der Waals surface area contributed by atoms with E-state index >= 15 is 0 Å². The molecule has 7 nitrogen and oxygen atoms in total. The maximum Gasteiger partial charge on any atom is 0.337 e. The fraction of sp³-hybridized carbons (Fsp3) is 0.417. The minimum atomic E-state index is -3.39. The molecule has 9 heteroatoms. The highest BCUT2D eigenvalue weighted by Crippen LogP contribution is 2.29. The van der Waals surface area contributed by atoms with Crippen molar-refractivity contribution in [3.05, 3.63) is 22.7 Å². The van der Waals surface area contributed by atoms with E-state index in [4.69, 9.17) is 22.4 Å². The van der Waals surface area contributed by atoms with Gasteiger partial charge in [0.1, 0.15) is 0 Å². The molecule has 21 heavy (non-hydrogen) atoms. The molecule has 0 aliphatic heterocycles. The van der Waals surface area contributed by atoms with Gasteiger partial charge in [0.15, 0.2) is 0 Å². The minimum Gasteiger partial charge on any atom is -0.478 e. The zero-order valence-corrected chi connectivity index (χ0v) is 13.5. The standard InChI is InChI=1S/C12H18ClN3O4S/c1-12(2,16-21(3,19)20)6-15-10-8(11(17)18)4-7(14)5-9(10)13/h4-5,15-16H,6,14H2,1-3H3,(H,17,18). The molecule has 0 saturated carbocycles. The normalized spacial score (nSPS) is 12.2. The third kappa shape index (κ3) is 5.41. The summed E-state index contributed by atoms with van der Waals surface area (Å²) in [5.41, 5.74) is 5.09. The summed E-state index contributed by atoms with van der Waals surface area (Å²) in [6.07, 6.45) is 1.05. The Hall–Kier alpha value is -1.51. The van der Waals surface area contributed by atoms with Crippen LogP contribution in [0.2, 0.25) is 5.02 Å². The zero-order chi connectivity index (χ0) is 16.4. The van der Waals surface area contributed by atoms with E-state index in [1.165, 1.54) is 12.1 Å². The monoisotopic (exact) mass is 335 g/mol. The Labute approximate surface area is 128 Å². The van der Waals surface area contributed by atoms with E-state index in [9.17, 15) is 13.2 Å². The van der Waals surface area contributed by atoms with Crippen molar-refractivity contribution in [3.63, 3.8) is 0 Å². The predicted molar refractivity (Wildman–Crippen MR) is 83.4 cm³/mol. The first-order valence-electron chi connectivity index (χ1n) is 5.96. The molecule has 118 valence electrons. The van der Waals surface area contributed by atoms with Crippen molar-refractivity contribution < 1.29 is 18.3 Å². The fourth-order valence-corrected chi connectivity index (χ4v) is 3.19. The van der Waals surface area contributed by atoms with Gasteiger partial charge in [0.05, 0.1) is 22.5 Å². The second-order valence-electron chi connectivity index (χ2n) is 5.34. The van der Waals surface area contributed by atoms with Crippen molar-refractivity contribution in [2.24, 2.45) is 0 Å². The van der Waals surface area contributed by atoms with Gasteiger partial charge in [-0.15, -0.1) is 0 Å². The molecule has 1 rings (SSSR count). The second kappa shape index (κ2) is 6.08. The Kier molecular flexibility index (Phi) is 5.08. The molecular weight excluding hydrogens is 318 g/mol. The van der Waals surface area contributed by atoms with Crippen LogP contribution in [0.4, 0.5) is 11.4 Å². The molecule has 0 radical (unpaired) electrons. The number of carboxylic acids is 1. The van der Waals surface area contributed by atoms with E-state index in [-0.39, 0.29) is 28.5 Å². The number of aromatic carboxylic acids is 1. The number of rotatable bonds is 6. The third-order valence-electron chi connectivity index (χ3n) is 2.51. The molecule has 0 fully saturated rings. The number of halogens is 1. The molecule has 0 amide bonds. The van der Waals surface area contributed by atoms with Crippen LogP contribution in [0.25, 0.3) is 0 Å². The number of carboxylic acid groups (broad SMARTS) is 1. The van der Waals surface area contributed by atoms with Gasteiger partial charge < -0.3 is 16.2 Å². The van der Waals surface area contributed by atoms with E-state index in [0.717, 1.165) is 6.26 Å². The Morgan fingerprint density at radius 2 is 2.00 bits per heavy atom. The van der Waals surface area contributed by atoms with Crippen molar-refractivity contribution in [3.8, 4) is 0 Å². The number of nitrogens with one attached hydrogen (secondary N) is 2. The summed E-state index contributed by atoms with van der Waals surface area (Å²) < 4.78 is 25.0. The van der Waals surface area contributed by atoms with E-state index < -0.39 is 21.5 Å². The lowest BCUT2D eigenvalue weighted by Gasteiger charge is -2.26. The molecule has 0 heterocycles. The van der Waals surface area contributed by atoms with Gasteiger partial charge in [-0.25, -0.2) is 17.9 Å². The number of anilines is 2. The van der Waals surface area contributed by atoms with Gasteiger partial charge in [0.2, 0.25) is 10.0 Å². The molecule has 1 aromatic carbocycles. The van der Waals surface area contributed by atoms with E-state index in [1.54, 1.807) is 13.8 Å². The molecular formula is C12H18ClN3O4S. The maximum atomic E-state index is 11.3. The maximum absolute atomic E-state index is 11.3. The van der Waals surface area contributed by atoms with Crippen LogP contribution < -0.4 is 15.8 Å². The molecule has 0 aliphatic carbocycles. The van der Waals surface area contributed by atoms with Crippen LogP contribution in [-0.4, -0.2) is 37.8 Å². The first kappa shape index (κ1) is 17.5. The summed E-state index contributed by atoms with van der Waals surface area (Å²) in [5.74, 6) is -1.18. The smallest absolute Gasteiger partial charge is 0.337 e. The number of carbonyl (C=O) groups is 1. The highest BCUT2D eigenvalue weighted by molar-refractivity contribution is 7.88. The van der Waals surface area contributed by atoms with Gasteiger partial charge in [-0.05, 0) is 26.0 Å². The first-order chi connectivity index (χ1) is 9.41. The Bertz CT molecular complexity index is 659. The zero-order valence-electron chi connectivity index (χ0n) is 11.9. The predicted octanol–water partition coefficient (Wildman–Crippen LogP) is 1.36. The van der Waals surface area contributed by atoms with Crippen LogP contribution in [0.15, 0.2) is 12.1 Å². The van der Waals surface area contributed by atoms with E-state index in [1.807, 2.05) is 0 Å².